The number of carbonyl (C=O) groups is 1. The number of aromatic amines is 1. The first kappa shape index (κ1) is 18.8. The van der Waals surface area contributed by atoms with E-state index in [1.54, 1.807) is 0 Å². The molecule has 0 atom stereocenters. The molecule has 6 nitrogen and oxygen atoms in total. The van der Waals surface area contributed by atoms with Crippen LogP contribution in [-0.4, -0.2) is 25.7 Å². The van der Waals surface area contributed by atoms with Gasteiger partial charge >= 0.3 is 0 Å². The number of hydrogen-bond acceptors (Lipinski definition) is 3. The molecule has 0 unspecified atom stereocenters. The fraction of sp³-hybridized carbons (Fsp3) is 0.0800. The average molecular weight is 407 g/mol. The van der Waals surface area contributed by atoms with Gasteiger partial charge in [0.1, 0.15) is 5.82 Å². The highest BCUT2D eigenvalue weighted by molar-refractivity contribution is 6.06. The molecule has 2 N–H and O–H groups in total. The molecule has 31 heavy (non-hydrogen) atoms. The number of imidazole rings is 1. The Balaban J connectivity index is 1.41. The maximum absolute atomic E-state index is 12.9. The van der Waals surface area contributed by atoms with E-state index in [9.17, 15) is 4.79 Å². The molecule has 1 amide bonds. The number of anilines is 1. The largest absolute Gasteiger partial charge is 0.338 e. The molecule has 0 spiro atoms. The van der Waals surface area contributed by atoms with Crippen molar-refractivity contribution >= 4 is 22.6 Å². The van der Waals surface area contributed by atoms with Gasteiger partial charge < -0.3 is 10.3 Å². The van der Waals surface area contributed by atoms with Gasteiger partial charge in [-0.15, -0.1) is 0 Å². The van der Waals surface area contributed by atoms with Crippen LogP contribution in [0.15, 0.2) is 78.9 Å². The summed E-state index contributed by atoms with van der Waals surface area (Å²) in [7, 11) is 0. The molecule has 0 saturated heterocycles. The van der Waals surface area contributed by atoms with Crippen LogP contribution in [-0.2, 0) is 0 Å². The third-order valence-electron chi connectivity index (χ3n) is 5.20. The maximum Gasteiger partial charge on any atom is 0.255 e. The van der Waals surface area contributed by atoms with Gasteiger partial charge in [0.15, 0.2) is 0 Å². The van der Waals surface area contributed by atoms with Crippen LogP contribution < -0.4 is 5.32 Å². The Bertz CT molecular complexity index is 1360. The second-order valence-electron chi connectivity index (χ2n) is 7.49. The van der Waals surface area contributed by atoms with Gasteiger partial charge in [0.2, 0.25) is 0 Å². The average Bonchev–Trinajstić information content (AvgIpc) is 3.36. The van der Waals surface area contributed by atoms with E-state index in [0.29, 0.717) is 11.3 Å². The van der Waals surface area contributed by atoms with E-state index in [0.717, 1.165) is 39.5 Å². The number of fused-ring (bicyclic) bond motifs is 1. The summed E-state index contributed by atoms with van der Waals surface area (Å²) in [4.78, 5) is 20.9. The summed E-state index contributed by atoms with van der Waals surface area (Å²) in [6.45, 7) is 3.97. The lowest BCUT2D eigenvalue weighted by Gasteiger charge is -2.10. The molecule has 6 heteroatoms. The van der Waals surface area contributed by atoms with Crippen molar-refractivity contribution in [1.29, 1.82) is 0 Å². The van der Waals surface area contributed by atoms with E-state index >= 15 is 0 Å². The number of aryl methyl sites for hydroxylation is 2. The molecule has 0 fully saturated rings. The van der Waals surface area contributed by atoms with Gasteiger partial charge in [-0.1, -0.05) is 24.3 Å². The second kappa shape index (κ2) is 7.57. The number of hydrogen-bond donors (Lipinski definition) is 2. The molecule has 0 aliphatic carbocycles. The number of nitrogens with one attached hydrogen (secondary N) is 2. The monoisotopic (exact) mass is 407 g/mol. The number of H-pyrrole nitrogens is 1. The normalized spacial score (nSPS) is 11.0. The molecular weight excluding hydrogens is 386 g/mol. The molecule has 152 valence electrons. The number of amides is 1. The number of nitrogens with zero attached hydrogens (tertiary/aromatic N) is 3. The Kier molecular flexibility index (Phi) is 4.59. The number of aromatic nitrogens is 4. The Morgan fingerprint density at radius 2 is 1.68 bits per heavy atom. The van der Waals surface area contributed by atoms with Crippen molar-refractivity contribution in [3.63, 3.8) is 0 Å². The maximum atomic E-state index is 12.9. The highest BCUT2D eigenvalue weighted by Gasteiger charge is 2.13. The third kappa shape index (κ3) is 3.59. The summed E-state index contributed by atoms with van der Waals surface area (Å²) in [5.41, 5.74) is 6.89. The Morgan fingerprint density at radius 3 is 2.42 bits per heavy atom. The van der Waals surface area contributed by atoms with Gasteiger partial charge in [0.05, 0.1) is 28.1 Å². The van der Waals surface area contributed by atoms with E-state index < -0.39 is 0 Å². The minimum Gasteiger partial charge on any atom is -0.338 e. The topological polar surface area (TPSA) is 75.6 Å². The van der Waals surface area contributed by atoms with Gasteiger partial charge in [-0.3, -0.25) is 4.79 Å². The van der Waals surface area contributed by atoms with Crippen LogP contribution in [0.1, 0.15) is 21.7 Å². The Labute approximate surface area is 179 Å². The van der Waals surface area contributed by atoms with Crippen LogP contribution in [0.25, 0.3) is 28.1 Å². The summed E-state index contributed by atoms with van der Waals surface area (Å²) >= 11 is 0. The van der Waals surface area contributed by atoms with E-state index in [1.165, 1.54) is 0 Å². The van der Waals surface area contributed by atoms with Crippen LogP contribution in [0.2, 0.25) is 0 Å². The highest BCUT2D eigenvalue weighted by Crippen LogP contribution is 2.28. The lowest BCUT2D eigenvalue weighted by atomic mass is 10.1. The van der Waals surface area contributed by atoms with Gasteiger partial charge in [0.25, 0.3) is 5.91 Å². The van der Waals surface area contributed by atoms with Crippen molar-refractivity contribution < 1.29 is 4.79 Å². The second-order valence-corrected chi connectivity index (χ2v) is 7.49. The summed E-state index contributed by atoms with van der Waals surface area (Å²) < 4.78 is 1.87. The molecule has 2 aromatic heterocycles. The number of rotatable bonds is 4. The van der Waals surface area contributed by atoms with Crippen LogP contribution in [0.3, 0.4) is 0 Å². The quantitative estimate of drug-likeness (QED) is 0.425. The molecule has 0 aliphatic heterocycles. The SMILES string of the molecule is Cc1cc(C)n(-c2ccc(C(=O)Nc3ccccc3-c3nc4ccccc4[nH]3)cc2)n1. The van der Waals surface area contributed by atoms with Crippen molar-refractivity contribution in [1.82, 2.24) is 19.7 Å². The highest BCUT2D eigenvalue weighted by atomic mass is 16.1. The molecule has 0 bridgehead atoms. The lowest BCUT2D eigenvalue weighted by Crippen LogP contribution is -2.13. The Morgan fingerprint density at radius 1 is 0.935 bits per heavy atom. The van der Waals surface area contributed by atoms with E-state index in [4.69, 9.17) is 0 Å². The molecule has 3 aromatic carbocycles. The van der Waals surface area contributed by atoms with E-state index in [-0.39, 0.29) is 5.91 Å². The van der Waals surface area contributed by atoms with Gasteiger partial charge in [-0.2, -0.15) is 5.10 Å². The zero-order valence-corrected chi connectivity index (χ0v) is 17.3. The zero-order chi connectivity index (χ0) is 21.4. The Hall–Kier alpha value is -4.19. The first-order valence-corrected chi connectivity index (χ1v) is 10.1. The van der Waals surface area contributed by atoms with Crippen molar-refractivity contribution in [2.24, 2.45) is 0 Å². The van der Waals surface area contributed by atoms with Gasteiger partial charge in [-0.05, 0) is 68.4 Å². The van der Waals surface area contributed by atoms with Crippen molar-refractivity contribution in [2.75, 3.05) is 5.32 Å². The number of para-hydroxylation sites is 3. The van der Waals surface area contributed by atoms with Crippen molar-refractivity contribution in [3.05, 3.63) is 95.8 Å². The molecule has 0 aliphatic rings. The standard InChI is InChI=1S/C25H21N5O/c1-16-15-17(2)30(29-16)19-13-11-18(12-14-19)25(31)28-21-8-4-3-7-20(21)24-26-22-9-5-6-10-23(22)27-24/h3-15H,1-2H3,(H,26,27)(H,28,31). The third-order valence-corrected chi connectivity index (χ3v) is 5.20. The summed E-state index contributed by atoms with van der Waals surface area (Å²) in [6.07, 6.45) is 0. The molecular formula is C25H21N5O. The van der Waals surface area contributed by atoms with Gasteiger partial charge in [0, 0.05) is 16.8 Å². The van der Waals surface area contributed by atoms with Crippen LogP contribution >= 0.6 is 0 Å². The molecule has 5 rings (SSSR count). The summed E-state index contributed by atoms with van der Waals surface area (Å²) in [6, 6.07) is 25.0. The lowest BCUT2D eigenvalue weighted by molar-refractivity contribution is 0.102. The predicted octanol–water partition coefficient (Wildman–Crippen LogP) is 5.28. The number of carbonyl (C=O) groups excluding carboxylic acids is 1. The van der Waals surface area contributed by atoms with E-state index in [2.05, 4.69) is 20.4 Å². The molecule has 0 saturated carbocycles. The molecule has 5 aromatic rings. The smallest absolute Gasteiger partial charge is 0.255 e. The first-order chi connectivity index (χ1) is 15.1. The number of benzene rings is 3. The van der Waals surface area contributed by atoms with Crippen molar-refractivity contribution in [3.8, 4) is 17.1 Å². The predicted molar refractivity (Wildman–Crippen MR) is 123 cm³/mol. The fourth-order valence-corrected chi connectivity index (χ4v) is 3.72. The first-order valence-electron chi connectivity index (χ1n) is 10.1. The summed E-state index contributed by atoms with van der Waals surface area (Å²) in [5, 5.41) is 7.51. The van der Waals surface area contributed by atoms with Crippen LogP contribution in [0.5, 0.6) is 0 Å². The zero-order valence-electron chi connectivity index (χ0n) is 17.3. The van der Waals surface area contributed by atoms with Crippen LogP contribution in [0.4, 0.5) is 5.69 Å². The summed E-state index contributed by atoms with van der Waals surface area (Å²) in [5.74, 6) is 0.542. The fourth-order valence-electron chi connectivity index (χ4n) is 3.72. The minimum absolute atomic E-state index is 0.177. The minimum atomic E-state index is -0.177. The van der Waals surface area contributed by atoms with Crippen LogP contribution in [0, 0.1) is 13.8 Å². The molecule has 2 heterocycles. The van der Waals surface area contributed by atoms with Crippen molar-refractivity contribution in [2.45, 2.75) is 13.8 Å². The van der Waals surface area contributed by atoms with Gasteiger partial charge in [-0.25, -0.2) is 9.67 Å². The van der Waals surface area contributed by atoms with E-state index in [1.807, 2.05) is 97.4 Å². The molecule has 0 radical (unpaired) electrons.